The first-order valence-electron chi connectivity index (χ1n) is 7.43. The topological polar surface area (TPSA) is 53.3 Å². The standard InChI is InChI=1S/C18H18N2O2/c1-12-14(18(21)22-2)9-10-20(12)17-8-7-13(11-19)15-5-3-4-6-16(15)17/h3-8,12,14H,9-10H2,1-2H3/t12-,14-/m0/s1. The van der Waals surface area contributed by atoms with Crippen molar-refractivity contribution in [1.29, 1.82) is 5.26 Å². The average Bonchev–Trinajstić information content (AvgIpc) is 2.94. The van der Waals surface area contributed by atoms with E-state index in [9.17, 15) is 10.1 Å². The Kier molecular flexibility index (Phi) is 3.72. The zero-order valence-electron chi connectivity index (χ0n) is 12.7. The maximum absolute atomic E-state index is 11.9. The first kappa shape index (κ1) is 14.4. The van der Waals surface area contributed by atoms with Crippen molar-refractivity contribution in [3.05, 3.63) is 42.0 Å². The second kappa shape index (κ2) is 5.69. The Bertz CT molecular complexity index is 763. The number of esters is 1. The summed E-state index contributed by atoms with van der Waals surface area (Å²) in [6.45, 7) is 2.87. The second-order valence-electron chi connectivity index (χ2n) is 5.64. The minimum absolute atomic E-state index is 0.0868. The fourth-order valence-corrected chi connectivity index (χ4v) is 3.38. The van der Waals surface area contributed by atoms with Gasteiger partial charge in [-0.2, -0.15) is 5.26 Å². The van der Waals surface area contributed by atoms with E-state index in [2.05, 4.69) is 17.9 Å². The molecule has 1 fully saturated rings. The molecule has 112 valence electrons. The maximum Gasteiger partial charge on any atom is 0.310 e. The van der Waals surface area contributed by atoms with Gasteiger partial charge in [-0.05, 0) is 25.5 Å². The quantitative estimate of drug-likeness (QED) is 0.799. The molecular formula is C18H18N2O2. The molecule has 2 aromatic carbocycles. The summed E-state index contributed by atoms with van der Waals surface area (Å²) >= 11 is 0. The first-order valence-corrected chi connectivity index (χ1v) is 7.43. The number of carbonyl (C=O) groups excluding carboxylic acids is 1. The van der Waals surface area contributed by atoms with Gasteiger partial charge in [0, 0.05) is 29.0 Å². The van der Waals surface area contributed by atoms with Gasteiger partial charge in [-0.15, -0.1) is 0 Å². The zero-order valence-corrected chi connectivity index (χ0v) is 12.7. The van der Waals surface area contributed by atoms with Gasteiger partial charge in [0.1, 0.15) is 0 Å². The molecule has 3 rings (SSSR count). The SMILES string of the molecule is COC(=O)[C@H]1CCN(c2ccc(C#N)c3ccccc23)[C@H]1C. The lowest BCUT2D eigenvalue weighted by Crippen LogP contribution is -2.33. The molecule has 2 aromatic rings. The number of ether oxygens (including phenoxy) is 1. The predicted octanol–water partition coefficient (Wildman–Crippen LogP) is 3.10. The summed E-state index contributed by atoms with van der Waals surface area (Å²) in [5.74, 6) is -0.243. The van der Waals surface area contributed by atoms with Gasteiger partial charge in [-0.25, -0.2) is 0 Å². The van der Waals surface area contributed by atoms with E-state index in [1.807, 2.05) is 36.4 Å². The van der Waals surface area contributed by atoms with Gasteiger partial charge in [0.25, 0.3) is 0 Å². The summed E-state index contributed by atoms with van der Waals surface area (Å²) < 4.78 is 4.90. The van der Waals surface area contributed by atoms with E-state index < -0.39 is 0 Å². The fraction of sp³-hybridized carbons (Fsp3) is 0.333. The Morgan fingerprint density at radius 3 is 2.68 bits per heavy atom. The maximum atomic E-state index is 11.9. The van der Waals surface area contributed by atoms with Crippen LogP contribution in [-0.4, -0.2) is 25.7 Å². The minimum Gasteiger partial charge on any atom is -0.469 e. The highest BCUT2D eigenvalue weighted by Gasteiger charge is 2.37. The molecule has 0 spiro atoms. The minimum atomic E-state index is -0.145. The molecule has 1 heterocycles. The van der Waals surface area contributed by atoms with Crippen LogP contribution in [0.25, 0.3) is 10.8 Å². The molecule has 0 radical (unpaired) electrons. The fourth-order valence-electron chi connectivity index (χ4n) is 3.38. The van der Waals surface area contributed by atoms with Gasteiger partial charge in [0.2, 0.25) is 0 Å². The number of hydrogen-bond donors (Lipinski definition) is 0. The molecule has 0 saturated carbocycles. The largest absolute Gasteiger partial charge is 0.469 e. The van der Waals surface area contributed by atoms with Crippen molar-refractivity contribution in [3.8, 4) is 6.07 Å². The third-order valence-corrected chi connectivity index (χ3v) is 4.59. The third kappa shape index (κ3) is 2.19. The Hall–Kier alpha value is -2.54. The van der Waals surface area contributed by atoms with Crippen molar-refractivity contribution >= 4 is 22.4 Å². The van der Waals surface area contributed by atoms with Crippen LogP contribution < -0.4 is 4.90 Å². The number of nitrogens with zero attached hydrogens (tertiary/aromatic N) is 2. The molecule has 0 bridgehead atoms. The van der Waals surface area contributed by atoms with Gasteiger partial charge in [-0.1, -0.05) is 24.3 Å². The molecule has 4 nitrogen and oxygen atoms in total. The summed E-state index contributed by atoms with van der Waals surface area (Å²) in [6, 6.07) is 14.1. The van der Waals surface area contributed by atoms with Crippen molar-refractivity contribution in [2.75, 3.05) is 18.6 Å². The number of hydrogen-bond acceptors (Lipinski definition) is 4. The zero-order chi connectivity index (χ0) is 15.7. The van der Waals surface area contributed by atoms with Gasteiger partial charge >= 0.3 is 5.97 Å². The van der Waals surface area contributed by atoms with Crippen LogP contribution in [0.15, 0.2) is 36.4 Å². The van der Waals surface area contributed by atoms with Crippen molar-refractivity contribution in [2.45, 2.75) is 19.4 Å². The van der Waals surface area contributed by atoms with E-state index in [-0.39, 0.29) is 17.9 Å². The normalized spacial score (nSPS) is 20.9. The molecule has 2 atom stereocenters. The van der Waals surface area contributed by atoms with Crippen molar-refractivity contribution in [2.24, 2.45) is 5.92 Å². The predicted molar refractivity (Wildman–Crippen MR) is 85.6 cm³/mol. The van der Waals surface area contributed by atoms with Gasteiger partial charge in [0.05, 0.1) is 24.7 Å². The number of carbonyl (C=O) groups is 1. The lowest BCUT2D eigenvalue weighted by molar-refractivity contribution is -0.145. The molecule has 1 aliphatic rings. The van der Waals surface area contributed by atoms with Crippen LogP contribution in [0.2, 0.25) is 0 Å². The summed E-state index contributed by atoms with van der Waals surface area (Å²) in [7, 11) is 1.44. The van der Waals surface area contributed by atoms with Crippen molar-refractivity contribution in [3.63, 3.8) is 0 Å². The second-order valence-corrected chi connectivity index (χ2v) is 5.64. The highest BCUT2D eigenvalue weighted by molar-refractivity contribution is 5.98. The molecule has 1 saturated heterocycles. The molecule has 0 aromatic heterocycles. The molecule has 1 aliphatic heterocycles. The van der Waals surface area contributed by atoms with Gasteiger partial charge < -0.3 is 9.64 Å². The lowest BCUT2D eigenvalue weighted by atomic mass is 10.0. The molecule has 0 unspecified atom stereocenters. The molecular weight excluding hydrogens is 276 g/mol. The molecule has 0 amide bonds. The number of fused-ring (bicyclic) bond motifs is 1. The van der Waals surface area contributed by atoms with E-state index in [4.69, 9.17) is 4.74 Å². The van der Waals surface area contributed by atoms with Crippen LogP contribution in [0.1, 0.15) is 18.9 Å². The van der Waals surface area contributed by atoms with Crippen LogP contribution in [0.3, 0.4) is 0 Å². The highest BCUT2D eigenvalue weighted by atomic mass is 16.5. The van der Waals surface area contributed by atoms with Crippen LogP contribution in [0.4, 0.5) is 5.69 Å². The summed E-state index contributed by atoms with van der Waals surface area (Å²) in [5.41, 5.74) is 1.75. The average molecular weight is 294 g/mol. The van der Waals surface area contributed by atoms with Crippen LogP contribution >= 0.6 is 0 Å². The summed E-state index contributed by atoms with van der Waals surface area (Å²) in [6.07, 6.45) is 0.794. The Labute approximate surface area is 129 Å². The van der Waals surface area contributed by atoms with E-state index in [0.717, 1.165) is 29.4 Å². The highest BCUT2D eigenvalue weighted by Crippen LogP contribution is 2.36. The number of methoxy groups -OCH3 is 1. The Morgan fingerprint density at radius 2 is 2.00 bits per heavy atom. The molecule has 0 N–H and O–H groups in total. The summed E-state index contributed by atoms with van der Waals surface area (Å²) in [5, 5.41) is 11.3. The van der Waals surface area contributed by atoms with Crippen LogP contribution in [-0.2, 0) is 9.53 Å². The van der Waals surface area contributed by atoms with Crippen molar-refractivity contribution < 1.29 is 9.53 Å². The lowest BCUT2D eigenvalue weighted by Gasteiger charge is -2.27. The van der Waals surface area contributed by atoms with Crippen LogP contribution in [0, 0.1) is 17.2 Å². The molecule has 22 heavy (non-hydrogen) atoms. The Balaban J connectivity index is 2.05. The number of nitriles is 1. The van der Waals surface area contributed by atoms with Crippen molar-refractivity contribution in [1.82, 2.24) is 0 Å². The molecule has 0 aliphatic carbocycles. The summed E-state index contributed by atoms with van der Waals surface area (Å²) in [4.78, 5) is 14.1. The van der Waals surface area contributed by atoms with E-state index in [1.54, 1.807) is 0 Å². The first-order chi connectivity index (χ1) is 10.7. The smallest absolute Gasteiger partial charge is 0.310 e. The van der Waals surface area contributed by atoms with Crippen LogP contribution in [0.5, 0.6) is 0 Å². The number of rotatable bonds is 2. The number of anilines is 1. The Morgan fingerprint density at radius 1 is 1.27 bits per heavy atom. The van der Waals surface area contributed by atoms with E-state index in [0.29, 0.717) is 5.56 Å². The molecule has 4 heteroatoms. The monoisotopic (exact) mass is 294 g/mol. The van der Waals surface area contributed by atoms with E-state index >= 15 is 0 Å². The van der Waals surface area contributed by atoms with Gasteiger partial charge in [0.15, 0.2) is 0 Å². The van der Waals surface area contributed by atoms with Gasteiger partial charge in [-0.3, -0.25) is 4.79 Å². The number of benzene rings is 2. The van der Waals surface area contributed by atoms with E-state index in [1.165, 1.54) is 7.11 Å². The third-order valence-electron chi connectivity index (χ3n) is 4.59.